The van der Waals surface area contributed by atoms with E-state index in [-0.39, 0.29) is 9.52 Å². The Balaban J connectivity index is 1.80. The van der Waals surface area contributed by atoms with Gasteiger partial charge in [-0.1, -0.05) is 64.2 Å². The Labute approximate surface area is 108 Å². The Hall–Kier alpha value is -0.113. The van der Waals surface area contributed by atoms with Crippen LogP contribution in [0.4, 0.5) is 0 Å². The van der Waals surface area contributed by atoms with Crippen LogP contribution in [0.2, 0.25) is 10.1 Å². The Bertz CT molecular complexity index is 270. The van der Waals surface area contributed by atoms with Crippen LogP contribution >= 0.6 is 0 Å². The van der Waals surface area contributed by atoms with Crippen LogP contribution in [0.3, 0.4) is 0 Å². The molecule has 0 aromatic rings. The Morgan fingerprint density at radius 1 is 0.706 bits per heavy atom. The van der Waals surface area contributed by atoms with Crippen molar-refractivity contribution in [3.8, 4) is 0 Å². The second-order valence-corrected chi connectivity index (χ2v) is 10.5. The zero-order chi connectivity index (χ0) is 11.8. The summed E-state index contributed by atoms with van der Waals surface area (Å²) in [6.45, 7) is 0. The van der Waals surface area contributed by atoms with Gasteiger partial charge in [-0.05, 0) is 10.1 Å². The molecule has 0 amide bonds. The van der Waals surface area contributed by atoms with Gasteiger partial charge in [0, 0.05) is 22.4 Å². The molecule has 3 rings (SSSR count). The van der Waals surface area contributed by atoms with Gasteiger partial charge < -0.3 is 0 Å². The van der Waals surface area contributed by atoms with Crippen LogP contribution in [0.1, 0.15) is 77.0 Å². The van der Waals surface area contributed by atoms with Crippen LogP contribution in [-0.4, -0.2) is 15.3 Å². The molecule has 1 heterocycles. The molecule has 0 bridgehead atoms. The monoisotopic (exact) mass is 250 g/mol. The highest BCUT2D eigenvalue weighted by Gasteiger charge is 2.48. The van der Waals surface area contributed by atoms with Crippen molar-refractivity contribution in [2.24, 2.45) is 0 Å². The third kappa shape index (κ3) is 2.38. The molecule has 3 aliphatic rings. The Kier molecular flexibility index (Phi) is 3.18. The SMILES string of the molecule is O=C1CC2(CCCCC2)[SiH2]C2(CCCCC2)C1. The van der Waals surface area contributed by atoms with Gasteiger partial charge in [0.1, 0.15) is 5.78 Å². The standard InChI is InChI=1S/C15H26OSi/c16-13-11-14(7-3-1-4-8-14)17-15(12-13)9-5-2-6-10-15/h1-12,17H2. The number of carbonyl (C=O) groups excluding carboxylic acids is 1. The smallest absolute Gasteiger partial charge is 0.133 e. The maximum absolute atomic E-state index is 12.2. The van der Waals surface area contributed by atoms with Gasteiger partial charge in [-0.15, -0.1) is 0 Å². The average molecular weight is 250 g/mol. The molecule has 96 valence electrons. The van der Waals surface area contributed by atoms with Crippen LogP contribution in [0.5, 0.6) is 0 Å². The summed E-state index contributed by atoms with van der Waals surface area (Å²) in [7, 11) is -0.0494. The topological polar surface area (TPSA) is 17.1 Å². The quantitative estimate of drug-likeness (QED) is 0.598. The second kappa shape index (κ2) is 4.53. The molecule has 0 N–H and O–H groups in total. The highest BCUT2D eigenvalue weighted by molar-refractivity contribution is 6.46. The first-order chi connectivity index (χ1) is 8.22. The van der Waals surface area contributed by atoms with Crippen molar-refractivity contribution in [3.63, 3.8) is 0 Å². The van der Waals surface area contributed by atoms with Crippen LogP contribution in [-0.2, 0) is 4.79 Å². The summed E-state index contributed by atoms with van der Waals surface area (Å²) in [5.41, 5.74) is 0. The van der Waals surface area contributed by atoms with E-state index >= 15 is 0 Å². The van der Waals surface area contributed by atoms with Crippen molar-refractivity contribution in [3.05, 3.63) is 0 Å². The summed E-state index contributed by atoms with van der Waals surface area (Å²) in [5.74, 6) is 0.632. The molecule has 0 atom stereocenters. The molecule has 2 aliphatic carbocycles. The molecule has 1 aliphatic heterocycles. The number of hydrogen-bond acceptors (Lipinski definition) is 1. The van der Waals surface area contributed by atoms with Crippen molar-refractivity contribution < 1.29 is 4.79 Å². The minimum absolute atomic E-state index is 0.0494. The van der Waals surface area contributed by atoms with E-state index < -0.39 is 0 Å². The third-order valence-corrected chi connectivity index (χ3v) is 9.14. The van der Waals surface area contributed by atoms with E-state index in [4.69, 9.17) is 0 Å². The summed E-state index contributed by atoms with van der Waals surface area (Å²) in [6.07, 6.45) is 16.1. The highest BCUT2D eigenvalue weighted by atomic mass is 28.2. The summed E-state index contributed by atoms with van der Waals surface area (Å²) in [4.78, 5) is 12.2. The highest BCUT2D eigenvalue weighted by Crippen LogP contribution is 2.59. The van der Waals surface area contributed by atoms with Crippen LogP contribution < -0.4 is 0 Å². The fourth-order valence-corrected chi connectivity index (χ4v) is 9.24. The largest absolute Gasteiger partial charge is 0.300 e. The Morgan fingerprint density at radius 2 is 1.12 bits per heavy atom. The lowest BCUT2D eigenvalue weighted by molar-refractivity contribution is -0.121. The molecule has 1 nitrogen and oxygen atoms in total. The van der Waals surface area contributed by atoms with Crippen molar-refractivity contribution >= 4 is 15.3 Å². The third-order valence-electron chi connectivity index (χ3n) is 5.72. The lowest BCUT2D eigenvalue weighted by atomic mass is 9.78. The normalized spacial score (nSPS) is 31.9. The van der Waals surface area contributed by atoms with Gasteiger partial charge >= 0.3 is 0 Å². The van der Waals surface area contributed by atoms with Gasteiger partial charge in [0.2, 0.25) is 0 Å². The minimum atomic E-state index is -0.0494. The van der Waals surface area contributed by atoms with Crippen LogP contribution in [0, 0.1) is 0 Å². The summed E-state index contributed by atoms with van der Waals surface area (Å²) in [5, 5.41) is 1.18. The van der Waals surface area contributed by atoms with E-state index in [9.17, 15) is 4.79 Å². The predicted octanol–water partition coefficient (Wildman–Crippen LogP) is 3.76. The van der Waals surface area contributed by atoms with Crippen molar-refractivity contribution in [1.29, 1.82) is 0 Å². The lowest BCUT2D eigenvalue weighted by Gasteiger charge is -2.50. The molecule has 2 saturated carbocycles. The number of rotatable bonds is 0. The maximum atomic E-state index is 12.2. The van der Waals surface area contributed by atoms with Gasteiger partial charge in [0.15, 0.2) is 0 Å². The molecule has 0 radical (unpaired) electrons. The maximum Gasteiger partial charge on any atom is 0.133 e. The average Bonchev–Trinajstić information content (AvgIpc) is 2.29. The van der Waals surface area contributed by atoms with Crippen LogP contribution in [0.15, 0.2) is 0 Å². The fraction of sp³-hybridized carbons (Fsp3) is 0.933. The zero-order valence-corrected chi connectivity index (χ0v) is 12.5. The molecule has 2 heteroatoms. The molecular weight excluding hydrogens is 224 g/mol. The molecule has 1 saturated heterocycles. The summed E-state index contributed by atoms with van der Waals surface area (Å²) in [6, 6.07) is 0. The van der Waals surface area contributed by atoms with Gasteiger partial charge in [0.25, 0.3) is 0 Å². The predicted molar refractivity (Wildman–Crippen MR) is 74.3 cm³/mol. The first-order valence-electron chi connectivity index (χ1n) is 7.74. The van der Waals surface area contributed by atoms with Gasteiger partial charge in [-0.2, -0.15) is 0 Å². The summed E-state index contributed by atoms with van der Waals surface area (Å²) >= 11 is 0. The van der Waals surface area contributed by atoms with Crippen molar-refractivity contribution in [2.75, 3.05) is 0 Å². The number of carbonyl (C=O) groups is 1. The number of Topliss-reactive ketones (excluding diaryl/α,β-unsaturated/α-hetero) is 1. The van der Waals surface area contributed by atoms with Crippen LogP contribution in [0.25, 0.3) is 0 Å². The van der Waals surface area contributed by atoms with E-state index in [0.29, 0.717) is 15.9 Å². The lowest BCUT2D eigenvalue weighted by Crippen LogP contribution is -2.42. The first kappa shape index (κ1) is 11.9. The second-order valence-electron chi connectivity index (χ2n) is 7.19. The molecule has 17 heavy (non-hydrogen) atoms. The minimum Gasteiger partial charge on any atom is -0.300 e. The van der Waals surface area contributed by atoms with E-state index in [2.05, 4.69) is 0 Å². The molecule has 3 fully saturated rings. The van der Waals surface area contributed by atoms with Gasteiger partial charge in [-0.3, -0.25) is 4.79 Å². The van der Waals surface area contributed by atoms with E-state index in [1.54, 1.807) is 0 Å². The molecule has 2 spiro atoms. The van der Waals surface area contributed by atoms with E-state index in [1.807, 2.05) is 0 Å². The molecule has 0 unspecified atom stereocenters. The fourth-order valence-electron chi connectivity index (χ4n) is 5.13. The van der Waals surface area contributed by atoms with Gasteiger partial charge in [-0.25, -0.2) is 0 Å². The number of hydrogen-bond donors (Lipinski definition) is 0. The van der Waals surface area contributed by atoms with Crippen molar-refractivity contribution in [2.45, 2.75) is 87.1 Å². The molecule has 0 aromatic heterocycles. The van der Waals surface area contributed by atoms with Gasteiger partial charge in [0.05, 0.1) is 0 Å². The number of ketones is 1. The zero-order valence-electron chi connectivity index (χ0n) is 11.1. The first-order valence-corrected chi connectivity index (χ1v) is 9.15. The molecular formula is C15H26OSi. The van der Waals surface area contributed by atoms with Crippen molar-refractivity contribution in [1.82, 2.24) is 0 Å². The molecule has 0 aromatic carbocycles. The van der Waals surface area contributed by atoms with E-state index in [1.165, 1.54) is 64.2 Å². The van der Waals surface area contributed by atoms with E-state index in [0.717, 1.165) is 12.8 Å². The summed E-state index contributed by atoms with van der Waals surface area (Å²) < 4.78 is 0. The Morgan fingerprint density at radius 3 is 1.53 bits per heavy atom.